The zero-order chi connectivity index (χ0) is 12.3. The van der Waals surface area contributed by atoms with Crippen LogP contribution in [0.4, 0.5) is 0 Å². The van der Waals surface area contributed by atoms with E-state index >= 15 is 0 Å². The predicted molar refractivity (Wildman–Crippen MR) is 71.4 cm³/mol. The minimum absolute atomic E-state index is 0.309. The molecule has 0 spiro atoms. The molecule has 0 saturated heterocycles. The average Bonchev–Trinajstić information content (AvgIpc) is 2.41. The minimum atomic E-state index is -3.41. The molecule has 7 heteroatoms. The second-order valence-electron chi connectivity index (χ2n) is 3.56. The Bertz CT molecular complexity index is 467. The van der Waals surface area contributed by atoms with Crippen LogP contribution < -0.4 is 4.72 Å². The lowest BCUT2D eigenvalue weighted by molar-refractivity contribution is 0.579. The van der Waals surface area contributed by atoms with E-state index in [2.05, 4.69) is 32.4 Å². The number of rotatable bonds is 5. The molecule has 92 valence electrons. The Morgan fingerprint density at radius 1 is 1.44 bits per heavy atom. The smallest absolute Gasteiger partial charge is 0.244 e. The maximum Gasteiger partial charge on any atom is 0.244 e. The first-order chi connectivity index (χ1) is 7.40. The van der Waals surface area contributed by atoms with E-state index in [9.17, 15) is 8.42 Å². The van der Waals surface area contributed by atoms with Crippen molar-refractivity contribution >= 4 is 32.6 Å². The van der Waals surface area contributed by atoms with E-state index in [1.807, 2.05) is 0 Å². The van der Waals surface area contributed by atoms with Crippen molar-refractivity contribution in [2.75, 3.05) is 11.0 Å². The third-order valence-corrected chi connectivity index (χ3v) is 4.79. The maximum atomic E-state index is 12.0. The van der Waals surface area contributed by atoms with Crippen molar-refractivity contribution in [1.29, 1.82) is 0 Å². The number of nitrogens with zero attached hydrogens (tertiary/aromatic N) is 2. The summed E-state index contributed by atoms with van der Waals surface area (Å²) in [6.07, 6.45) is 0.831. The Morgan fingerprint density at radius 3 is 2.50 bits per heavy atom. The number of aryl methyl sites for hydroxylation is 2. The highest BCUT2D eigenvalue weighted by atomic mass is 127. The summed E-state index contributed by atoms with van der Waals surface area (Å²) in [5.74, 6) is 0. The Kier molecular flexibility index (Phi) is 4.74. The summed E-state index contributed by atoms with van der Waals surface area (Å²) in [5.41, 5.74) is 1.21. The van der Waals surface area contributed by atoms with Gasteiger partial charge in [-0.1, -0.05) is 22.6 Å². The van der Waals surface area contributed by atoms with Crippen LogP contribution in [0.25, 0.3) is 0 Å². The van der Waals surface area contributed by atoms with Crippen LogP contribution >= 0.6 is 22.6 Å². The molecule has 1 aromatic heterocycles. The van der Waals surface area contributed by atoms with Gasteiger partial charge in [0.05, 0.1) is 11.4 Å². The van der Waals surface area contributed by atoms with Gasteiger partial charge in [0.25, 0.3) is 0 Å². The summed E-state index contributed by atoms with van der Waals surface area (Å²) < 4.78 is 29.1. The molecule has 16 heavy (non-hydrogen) atoms. The van der Waals surface area contributed by atoms with E-state index in [-0.39, 0.29) is 0 Å². The van der Waals surface area contributed by atoms with Crippen LogP contribution in [0.5, 0.6) is 0 Å². The molecular formula is C9H16IN3O2S. The van der Waals surface area contributed by atoms with Crippen molar-refractivity contribution in [3.63, 3.8) is 0 Å². The first kappa shape index (κ1) is 13.9. The molecule has 0 aliphatic heterocycles. The molecule has 0 amide bonds. The number of hydrogen-bond acceptors (Lipinski definition) is 3. The van der Waals surface area contributed by atoms with Crippen molar-refractivity contribution in [1.82, 2.24) is 14.5 Å². The lowest BCUT2D eigenvalue weighted by Crippen LogP contribution is -2.26. The summed E-state index contributed by atoms with van der Waals surface area (Å²) in [5, 5.41) is 4.10. The highest BCUT2D eigenvalue weighted by Gasteiger charge is 2.22. The highest BCUT2D eigenvalue weighted by molar-refractivity contribution is 14.1. The van der Waals surface area contributed by atoms with E-state index < -0.39 is 10.0 Å². The van der Waals surface area contributed by atoms with Gasteiger partial charge >= 0.3 is 0 Å². The number of alkyl halides is 1. The van der Waals surface area contributed by atoms with Gasteiger partial charge < -0.3 is 0 Å². The van der Waals surface area contributed by atoms with Crippen LogP contribution in [0.2, 0.25) is 0 Å². The van der Waals surface area contributed by atoms with Gasteiger partial charge in [-0.25, -0.2) is 13.1 Å². The topological polar surface area (TPSA) is 64.0 Å². The van der Waals surface area contributed by atoms with Crippen LogP contribution in [-0.4, -0.2) is 29.2 Å². The zero-order valence-corrected chi connectivity index (χ0v) is 12.6. The van der Waals surface area contributed by atoms with Gasteiger partial charge in [-0.3, -0.25) is 4.68 Å². The summed E-state index contributed by atoms with van der Waals surface area (Å²) in [6.45, 7) is 3.94. The third kappa shape index (κ3) is 2.95. The fourth-order valence-corrected chi connectivity index (χ4v) is 3.38. The monoisotopic (exact) mass is 357 g/mol. The Morgan fingerprint density at radius 2 is 2.06 bits per heavy atom. The molecule has 1 heterocycles. The predicted octanol–water partition coefficient (Wildman–Crippen LogP) is 1.14. The standard InChI is InChI=1S/C9H16IN3O2S/c1-7-9(8(2)13(3)12-7)16(14,15)11-6-4-5-10/h11H,4-6H2,1-3H3. The van der Waals surface area contributed by atoms with Gasteiger partial charge in [0, 0.05) is 18.0 Å². The van der Waals surface area contributed by atoms with Gasteiger partial charge in [-0.05, 0) is 20.3 Å². The van der Waals surface area contributed by atoms with Crippen LogP contribution in [-0.2, 0) is 17.1 Å². The molecule has 1 rings (SSSR count). The Labute approximate surface area is 110 Å². The average molecular weight is 357 g/mol. The summed E-state index contributed by atoms with van der Waals surface area (Å²) in [6, 6.07) is 0. The quantitative estimate of drug-likeness (QED) is 0.488. The number of hydrogen-bond donors (Lipinski definition) is 1. The molecular weight excluding hydrogens is 341 g/mol. The first-order valence-corrected chi connectivity index (χ1v) is 7.97. The van der Waals surface area contributed by atoms with E-state index in [4.69, 9.17) is 0 Å². The molecule has 0 bridgehead atoms. The van der Waals surface area contributed by atoms with E-state index in [0.29, 0.717) is 22.8 Å². The Balaban J connectivity index is 2.98. The van der Waals surface area contributed by atoms with E-state index in [1.165, 1.54) is 0 Å². The molecule has 0 aromatic carbocycles. The van der Waals surface area contributed by atoms with Gasteiger partial charge in [0.15, 0.2) is 0 Å². The molecule has 0 fully saturated rings. The molecule has 1 N–H and O–H groups in total. The fraction of sp³-hybridized carbons (Fsp3) is 0.667. The van der Waals surface area contributed by atoms with Gasteiger partial charge in [-0.15, -0.1) is 0 Å². The summed E-state index contributed by atoms with van der Waals surface area (Å²) >= 11 is 2.22. The van der Waals surface area contributed by atoms with Crippen molar-refractivity contribution in [2.45, 2.75) is 25.2 Å². The third-order valence-electron chi connectivity index (χ3n) is 2.31. The lowest BCUT2D eigenvalue weighted by Gasteiger charge is -2.05. The molecule has 0 atom stereocenters. The fourth-order valence-electron chi connectivity index (χ4n) is 1.49. The number of halogens is 1. The van der Waals surface area contributed by atoms with Crippen molar-refractivity contribution in [2.24, 2.45) is 7.05 Å². The number of aromatic nitrogens is 2. The van der Waals surface area contributed by atoms with Crippen LogP contribution in [0.15, 0.2) is 4.90 Å². The number of nitrogens with one attached hydrogen (secondary N) is 1. The Hall–Kier alpha value is -0.150. The normalized spacial score (nSPS) is 12.0. The first-order valence-electron chi connectivity index (χ1n) is 4.96. The molecule has 0 saturated carbocycles. The lowest BCUT2D eigenvalue weighted by atomic mass is 10.4. The second kappa shape index (κ2) is 5.46. The van der Waals surface area contributed by atoms with Crippen molar-refractivity contribution in [3.8, 4) is 0 Å². The summed E-state index contributed by atoms with van der Waals surface area (Å²) in [7, 11) is -1.67. The van der Waals surface area contributed by atoms with Crippen LogP contribution in [0.1, 0.15) is 17.8 Å². The number of sulfonamides is 1. The zero-order valence-electron chi connectivity index (χ0n) is 9.62. The molecule has 1 aromatic rings. The molecule has 5 nitrogen and oxygen atoms in total. The molecule has 0 unspecified atom stereocenters. The second-order valence-corrected chi connectivity index (χ2v) is 6.35. The largest absolute Gasteiger partial charge is 0.271 e. The molecule has 0 aliphatic rings. The highest BCUT2D eigenvalue weighted by Crippen LogP contribution is 2.17. The maximum absolute atomic E-state index is 12.0. The van der Waals surface area contributed by atoms with E-state index in [1.54, 1.807) is 25.6 Å². The molecule has 0 aliphatic carbocycles. The van der Waals surface area contributed by atoms with Gasteiger partial charge in [-0.2, -0.15) is 5.10 Å². The van der Waals surface area contributed by atoms with Gasteiger partial charge in [0.1, 0.15) is 4.90 Å². The van der Waals surface area contributed by atoms with Crippen LogP contribution in [0, 0.1) is 13.8 Å². The van der Waals surface area contributed by atoms with Crippen LogP contribution in [0.3, 0.4) is 0 Å². The van der Waals surface area contributed by atoms with Crippen molar-refractivity contribution < 1.29 is 8.42 Å². The van der Waals surface area contributed by atoms with Gasteiger partial charge in [0.2, 0.25) is 10.0 Å². The minimum Gasteiger partial charge on any atom is -0.271 e. The van der Waals surface area contributed by atoms with Crippen molar-refractivity contribution in [3.05, 3.63) is 11.4 Å². The SMILES string of the molecule is Cc1nn(C)c(C)c1S(=O)(=O)NCCCI. The van der Waals surface area contributed by atoms with E-state index in [0.717, 1.165) is 10.8 Å². The summed E-state index contributed by atoms with van der Waals surface area (Å²) in [4.78, 5) is 0.309. The molecule has 0 radical (unpaired) electrons.